The number of carboxylic acids is 1. The summed E-state index contributed by atoms with van der Waals surface area (Å²) in [5, 5.41) is 11.7. The Kier molecular flexibility index (Phi) is 4.95. The van der Waals surface area contributed by atoms with Gasteiger partial charge in [0.15, 0.2) is 0 Å². The van der Waals surface area contributed by atoms with Gasteiger partial charge in [-0.2, -0.15) is 0 Å². The lowest BCUT2D eigenvalue weighted by atomic mass is 9.89. The van der Waals surface area contributed by atoms with Crippen molar-refractivity contribution in [2.45, 2.75) is 38.6 Å². The van der Waals surface area contributed by atoms with Gasteiger partial charge >= 0.3 is 5.97 Å². The molecule has 0 aliphatic heterocycles. The molecule has 1 aromatic rings. The van der Waals surface area contributed by atoms with E-state index in [2.05, 4.69) is 21.2 Å². The molecule has 0 fully saturated rings. The zero-order chi connectivity index (χ0) is 13.8. The molecule has 6 heteroatoms. The van der Waals surface area contributed by atoms with E-state index in [0.29, 0.717) is 17.3 Å². The zero-order valence-electron chi connectivity index (χ0n) is 10.3. The predicted molar refractivity (Wildman–Crippen MR) is 69.4 cm³/mol. The fraction of sp³-hybridized carbons (Fsp3) is 0.500. The standard InChI is InChI=1S/C12H16BrNO4/c1-3-12(4-2,7-9(15)16)14-11(17)10-8(13)5-6-18-10/h5-6H,3-4,7H2,1-2H3,(H,14,17)(H,15,16). The molecule has 1 heterocycles. The first kappa shape index (κ1) is 14.8. The molecule has 0 saturated heterocycles. The summed E-state index contributed by atoms with van der Waals surface area (Å²) in [7, 11) is 0. The van der Waals surface area contributed by atoms with Crippen molar-refractivity contribution >= 4 is 27.8 Å². The maximum Gasteiger partial charge on any atom is 0.305 e. The number of hydrogen-bond acceptors (Lipinski definition) is 3. The van der Waals surface area contributed by atoms with Gasteiger partial charge in [0.2, 0.25) is 5.76 Å². The quantitative estimate of drug-likeness (QED) is 0.845. The number of aliphatic carboxylic acids is 1. The van der Waals surface area contributed by atoms with Crippen molar-refractivity contribution in [1.82, 2.24) is 5.32 Å². The number of carbonyl (C=O) groups is 2. The number of halogens is 1. The Morgan fingerprint density at radius 1 is 1.44 bits per heavy atom. The molecule has 0 aromatic carbocycles. The second-order valence-corrected chi connectivity index (χ2v) is 4.96. The topological polar surface area (TPSA) is 79.5 Å². The van der Waals surface area contributed by atoms with Gasteiger partial charge in [-0.05, 0) is 34.8 Å². The molecule has 0 aliphatic rings. The lowest BCUT2D eigenvalue weighted by molar-refractivity contribution is -0.138. The van der Waals surface area contributed by atoms with Crippen molar-refractivity contribution in [3.05, 3.63) is 22.6 Å². The Morgan fingerprint density at radius 2 is 2.06 bits per heavy atom. The summed E-state index contributed by atoms with van der Waals surface area (Å²) in [6.45, 7) is 3.70. The van der Waals surface area contributed by atoms with E-state index in [1.807, 2.05) is 13.8 Å². The largest absolute Gasteiger partial charge is 0.481 e. The van der Waals surface area contributed by atoms with Crippen molar-refractivity contribution in [2.75, 3.05) is 0 Å². The van der Waals surface area contributed by atoms with Crippen molar-refractivity contribution in [3.63, 3.8) is 0 Å². The molecule has 0 saturated carbocycles. The normalized spacial score (nSPS) is 11.3. The monoisotopic (exact) mass is 317 g/mol. The van der Waals surface area contributed by atoms with Crippen LogP contribution in [0.2, 0.25) is 0 Å². The summed E-state index contributed by atoms with van der Waals surface area (Å²) >= 11 is 3.20. The van der Waals surface area contributed by atoms with E-state index in [-0.39, 0.29) is 12.2 Å². The van der Waals surface area contributed by atoms with Crippen LogP contribution in [-0.2, 0) is 4.79 Å². The van der Waals surface area contributed by atoms with E-state index >= 15 is 0 Å². The number of carbonyl (C=O) groups excluding carboxylic acids is 1. The van der Waals surface area contributed by atoms with Gasteiger partial charge in [-0.1, -0.05) is 13.8 Å². The third-order valence-corrected chi connectivity index (χ3v) is 3.67. The molecule has 0 atom stereocenters. The Labute approximate surface area is 114 Å². The summed E-state index contributed by atoms with van der Waals surface area (Å²) < 4.78 is 5.61. The number of furan rings is 1. The maximum atomic E-state index is 12.0. The number of carboxylic acid groups (broad SMARTS) is 1. The SMILES string of the molecule is CCC(CC)(CC(=O)O)NC(=O)c1occc1Br. The minimum Gasteiger partial charge on any atom is -0.481 e. The highest BCUT2D eigenvalue weighted by Gasteiger charge is 2.32. The molecule has 1 aromatic heterocycles. The third kappa shape index (κ3) is 3.35. The average Bonchev–Trinajstić information content (AvgIpc) is 2.74. The van der Waals surface area contributed by atoms with E-state index in [0.717, 1.165) is 0 Å². The van der Waals surface area contributed by atoms with E-state index in [1.165, 1.54) is 6.26 Å². The van der Waals surface area contributed by atoms with Gasteiger partial charge in [0.05, 0.1) is 22.7 Å². The van der Waals surface area contributed by atoms with Gasteiger partial charge in [0.25, 0.3) is 5.91 Å². The van der Waals surface area contributed by atoms with Gasteiger partial charge in [0, 0.05) is 0 Å². The Bertz CT molecular complexity index is 437. The van der Waals surface area contributed by atoms with Crippen LogP contribution in [0.25, 0.3) is 0 Å². The average molecular weight is 318 g/mol. The van der Waals surface area contributed by atoms with Crippen molar-refractivity contribution < 1.29 is 19.1 Å². The second kappa shape index (κ2) is 6.04. The van der Waals surface area contributed by atoms with Gasteiger partial charge in [-0.3, -0.25) is 9.59 Å². The highest BCUT2D eigenvalue weighted by atomic mass is 79.9. The number of rotatable bonds is 6. The zero-order valence-corrected chi connectivity index (χ0v) is 11.9. The number of nitrogens with one attached hydrogen (secondary N) is 1. The number of hydrogen-bond donors (Lipinski definition) is 2. The van der Waals surface area contributed by atoms with Crippen molar-refractivity contribution in [2.24, 2.45) is 0 Å². The lowest BCUT2D eigenvalue weighted by Gasteiger charge is -2.31. The minimum absolute atomic E-state index is 0.107. The van der Waals surface area contributed by atoms with Crippen LogP contribution in [0.4, 0.5) is 0 Å². The minimum atomic E-state index is -0.933. The van der Waals surface area contributed by atoms with Crippen LogP contribution >= 0.6 is 15.9 Å². The molecule has 0 aliphatic carbocycles. The van der Waals surface area contributed by atoms with Crippen LogP contribution in [0.1, 0.15) is 43.7 Å². The smallest absolute Gasteiger partial charge is 0.305 e. The van der Waals surface area contributed by atoms with E-state index in [9.17, 15) is 9.59 Å². The van der Waals surface area contributed by atoms with Crippen LogP contribution in [0.15, 0.2) is 21.2 Å². The first-order chi connectivity index (χ1) is 8.44. The molecular formula is C12H16BrNO4. The van der Waals surface area contributed by atoms with E-state index in [4.69, 9.17) is 9.52 Å². The summed E-state index contributed by atoms with van der Waals surface area (Å²) in [5.74, 6) is -1.18. The molecule has 2 N–H and O–H groups in total. The fourth-order valence-corrected chi connectivity index (χ4v) is 2.15. The predicted octanol–water partition coefficient (Wildman–Crippen LogP) is 2.81. The Balaban J connectivity index is 2.87. The molecule has 0 unspecified atom stereocenters. The first-order valence-corrected chi connectivity index (χ1v) is 6.50. The van der Waals surface area contributed by atoms with Crippen molar-refractivity contribution in [1.29, 1.82) is 0 Å². The molecule has 100 valence electrons. The van der Waals surface area contributed by atoms with Crippen LogP contribution in [0.3, 0.4) is 0 Å². The summed E-state index contributed by atoms with van der Waals surface area (Å²) in [5.41, 5.74) is -0.741. The van der Waals surface area contributed by atoms with Gasteiger partial charge < -0.3 is 14.8 Å². The Morgan fingerprint density at radius 3 is 2.44 bits per heavy atom. The summed E-state index contributed by atoms with van der Waals surface area (Å²) in [6.07, 6.45) is 2.37. The second-order valence-electron chi connectivity index (χ2n) is 4.11. The van der Waals surface area contributed by atoms with Gasteiger partial charge in [-0.25, -0.2) is 0 Å². The van der Waals surface area contributed by atoms with Gasteiger partial charge in [-0.15, -0.1) is 0 Å². The molecule has 5 nitrogen and oxygen atoms in total. The van der Waals surface area contributed by atoms with Crippen LogP contribution in [0, 0.1) is 0 Å². The molecule has 1 amide bonds. The lowest BCUT2D eigenvalue weighted by Crippen LogP contribution is -2.49. The van der Waals surface area contributed by atoms with Crippen LogP contribution < -0.4 is 5.32 Å². The van der Waals surface area contributed by atoms with E-state index < -0.39 is 17.4 Å². The number of amides is 1. The molecule has 0 spiro atoms. The highest BCUT2D eigenvalue weighted by molar-refractivity contribution is 9.10. The maximum absolute atomic E-state index is 12.0. The third-order valence-electron chi connectivity index (χ3n) is 3.05. The molecule has 1 rings (SSSR count). The summed E-state index contributed by atoms with van der Waals surface area (Å²) in [6, 6.07) is 1.62. The summed E-state index contributed by atoms with van der Waals surface area (Å²) in [4.78, 5) is 22.9. The molecule has 0 radical (unpaired) electrons. The Hall–Kier alpha value is -1.30. The van der Waals surface area contributed by atoms with Crippen LogP contribution in [-0.4, -0.2) is 22.5 Å². The highest BCUT2D eigenvalue weighted by Crippen LogP contribution is 2.23. The van der Waals surface area contributed by atoms with Gasteiger partial charge in [0.1, 0.15) is 0 Å². The fourth-order valence-electron chi connectivity index (χ4n) is 1.76. The first-order valence-electron chi connectivity index (χ1n) is 5.71. The van der Waals surface area contributed by atoms with Crippen molar-refractivity contribution in [3.8, 4) is 0 Å². The van der Waals surface area contributed by atoms with E-state index in [1.54, 1.807) is 6.07 Å². The molecular weight excluding hydrogens is 302 g/mol. The van der Waals surface area contributed by atoms with Crippen LogP contribution in [0.5, 0.6) is 0 Å². The molecule has 0 bridgehead atoms. The molecule has 18 heavy (non-hydrogen) atoms.